The highest BCUT2D eigenvalue weighted by Crippen LogP contribution is 2.44. The third kappa shape index (κ3) is 17.5. The van der Waals surface area contributed by atoms with Crippen LogP contribution >= 0.6 is 0 Å². The molecule has 0 spiro atoms. The average Bonchev–Trinajstić information content (AvgIpc) is 1.70. The molecule has 5 fully saturated rings. The molecule has 10 aromatic rings. The molecule has 26 heteroatoms. The summed E-state index contributed by atoms with van der Waals surface area (Å²) < 4.78 is 75.2. The minimum atomic E-state index is -3.18. The summed E-state index contributed by atoms with van der Waals surface area (Å²) in [7, 11) is -5.42. The highest BCUT2D eigenvalue weighted by molar-refractivity contribution is 7.88. The maximum absolute atomic E-state index is 11.8. The Morgan fingerprint density at radius 1 is 0.429 bits per heavy atom. The van der Waals surface area contributed by atoms with E-state index in [4.69, 9.17) is 17.2 Å². The van der Waals surface area contributed by atoms with Gasteiger partial charge in [-0.25, -0.2) is 33.9 Å². The minimum absolute atomic E-state index is 0.0183. The van der Waals surface area contributed by atoms with Crippen LogP contribution in [-0.4, -0.2) is 215 Å². The van der Waals surface area contributed by atoms with Gasteiger partial charge in [-0.1, -0.05) is 91.0 Å². The fourth-order valence-corrected chi connectivity index (χ4v) is 20.3. The molecule has 13 N–H and O–H groups in total. The summed E-state index contributed by atoms with van der Waals surface area (Å²) in [6.07, 6.45) is 23.1. The Bertz CT molecular complexity index is 4920. The number of benzene rings is 5. The number of para-hydroxylation sites is 5. The van der Waals surface area contributed by atoms with Gasteiger partial charge in [0.05, 0.1) is 18.8 Å². The summed E-state index contributed by atoms with van der Waals surface area (Å²) in [4.78, 5) is 43.8. The summed E-state index contributed by atoms with van der Waals surface area (Å²) >= 11 is 0. The molecular weight excluding hydrogens is 1380 g/mol. The van der Waals surface area contributed by atoms with E-state index in [2.05, 4.69) is 145 Å². The molecule has 0 aliphatic carbocycles. The van der Waals surface area contributed by atoms with Gasteiger partial charge in [-0.05, 0) is 148 Å². The maximum atomic E-state index is 11.8. The summed E-state index contributed by atoms with van der Waals surface area (Å²) in [5.74, 6) is 1.16. The zero-order chi connectivity index (χ0) is 74.9. The van der Waals surface area contributed by atoms with Gasteiger partial charge in [0.15, 0.2) is 0 Å². The first-order chi connectivity index (χ1) is 50.3. The third-order valence-corrected chi connectivity index (χ3v) is 27.2. The molecule has 5 aromatic carbocycles. The molecule has 0 bridgehead atoms. The number of carbonyl (C=O) groups is 2. The minimum Gasteiger partial charge on any atom is -0.361 e. The Morgan fingerprint density at radius 3 is 1.11 bits per heavy atom. The van der Waals surface area contributed by atoms with Crippen LogP contribution in [0.5, 0.6) is 0 Å². The number of likely N-dealkylation sites (N-methyl/N-ethyl adjacent to an activating group) is 2. The quantitative estimate of drug-likeness (QED) is 0.0458. The van der Waals surface area contributed by atoms with Crippen LogP contribution in [0.25, 0.3) is 54.5 Å². The molecule has 566 valence electrons. The Morgan fingerprint density at radius 2 is 0.762 bits per heavy atom. The summed E-state index contributed by atoms with van der Waals surface area (Å²) in [6, 6.07) is 41.6. The van der Waals surface area contributed by atoms with Crippen molar-refractivity contribution in [3.63, 3.8) is 0 Å². The number of rotatable bonds is 15. The first-order valence-corrected chi connectivity index (χ1v) is 42.4. The Hall–Kier alpha value is -7.73. The van der Waals surface area contributed by atoms with Crippen molar-refractivity contribution >= 4 is 96.4 Å². The van der Waals surface area contributed by atoms with Gasteiger partial charge in [-0.3, -0.25) is 9.59 Å². The van der Waals surface area contributed by atoms with E-state index in [1.165, 1.54) is 84.5 Å². The van der Waals surface area contributed by atoms with Gasteiger partial charge in [-0.2, -0.15) is 4.31 Å². The number of sulfonamides is 3. The van der Waals surface area contributed by atoms with Crippen molar-refractivity contribution in [1.82, 2.24) is 58.3 Å². The molecule has 10 heterocycles. The highest BCUT2D eigenvalue weighted by atomic mass is 32.2. The van der Waals surface area contributed by atoms with Crippen molar-refractivity contribution in [2.45, 2.75) is 118 Å². The molecule has 0 saturated carbocycles. The molecule has 2 amide bonds. The van der Waals surface area contributed by atoms with E-state index in [1.807, 2.05) is 66.5 Å². The Labute approximate surface area is 619 Å². The van der Waals surface area contributed by atoms with Crippen molar-refractivity contribution in [2.75, 3.05) is 118 Å². The fourth-order valence-electron chi connectivity index (χ4n) is 17.4. The van der Waals surface area contributed by atoms with Crippen molar-refractivity contribution in [3.05, 3.63) is 180 Å². The molecule has 5 aliphatic rings. The number of hydrogen-bond acceptors (Lipinski definition) is 13. The van der Waals surface area contributed by atoms with Crippen LogP contribution in [0.4, 0.5) is 0 Å². The highest BCUT2D eigenvalue weighted by Gasteiger charge is 2.42. The predicted molar refractivity (Wildman–Crippen MR) is 425 cm³/mol. The number of nitrogens with zero attached hydrogens (tertiary/aromatic N) is 5. The van der Waals surface area contributed by atoms with Gasteiger partial charge >= 0.3 is 0 Å². The van der Waals surface area contributed by atoms with Crippen molar-refractivity contribution in [1.29, 1.82) is 0 Å². The monoisotopic (exact) mass is 1490 g/mol. The average molecular weight is 1490 g/mol. The van der Waals surface area contributed by atoms with E-state index in [1.54, 1.807) is 26.8 Å². The van der Waals surface area contributed by atoms with Crippen LogP contribution < -0.4 is 27.8 Å². The van der Waals surface area contributed by atoms with Crippen molar-refractivity contribution in [3.8, 4) is 0 Å². The maximum Gasteiger partial charge on any atom is 0.219 e. The number of nitrogens with two attached hydrogens (primary N) is 3. The van der Waals surface area contributed by atoms with Gasteiger partial charge in [0.25, 0.3) is 0 Å². The number of nitrogens with one attached hydrogen (secondary N) is 7. The lowest BCUT2D eigenvalue weighted by Crippen LogP contribution is -2.48. The van der Waals surface area contributed by atoms with Crippen LogP contribution in [-0.2, 0) is 55.9 Å². The van der Waals surface area contributed by atoms with Crippen molar-refractivity contribution < 1.29 is 34.8 Å². The molecule has 0 radical (unpaired) electrons. The summed E-state index contributed by atoms with van der Waals surface area (Å²) in [5, 5.41) is 12.9. The fraction of sp³-hybridized carbons (Fsp3) is 0.468. The molecule has 105 heavy (non-hydrogen) atoms. The number of aromatic nitrogens is 5. The lowest BCUT2D eigenvalue weighted by molar-refractivity contribution is -0.132. The molecule has 4 unspecified atom stereocenters. The Balaban J connectivity index is 0.000000131. The molecule has 23 nitrogen and oxygen atoms in total. The zero-order valence-corrected chi connectivity index (χ0v) is 64.4. The topological polar surface area (TPSA) is 334 Å². The summed E-state index contributed by atoms with van der Waals surface area (Å²) in [6.45, 7) is 11.8. The normalized spacial score (nSPS) is 21.0. The lowest BCUT2D eigenvalue weighted by Gasteiger charge is -2.41. The molecule has 5 saturated heterocycles. The summed E-state index contributed by atoms with van der Waals surface area (Å²) in [5.41, 5.74) is 30.0. The van der Waals surface area contributed by atoms with E-state index < -0.39 is 30.1 Å². The van der Waals surface area contributed by atoms with Crippen molar-refractivity contribution in [2.24, 2.45) is 17.2 Å². The van der Waals surface area contributed by atoms with E-state index in [0.717, 1.165) is 113 Å². The third-order valence-electron chi connectivity index (χ3n) is 23.2. The van der Waals surface area contributed by atoms with Crippen LogP contribution in [0.1, 0.15) is 118 Å². The van der Waals surface area contributed by atoms with Gasteiger partial charge < -0.3 is 62.6 Å². The van der Waals surface area contributed by atoms with Gasteiger partial charge in [0, 0.05) is 213 Å². The SMILES string of the molecule is CC(=O)N1CCC(c2c[nH]c3ccccc23)CC1CN.CNCC1(c2c[nH]c3ccccc23)CCN(C(C)=O)CC1.CNCC1(c2c[nH]c3ccccc23)CCN(S(C)(=O)=O)CC1.CS(=O)(=O)N1CCC(CN)(c2c[nH]c3ccccc23)CC1.CS(=O)(=O)N1CCC(c2c[nH]c3ccccc23)CC1CN. The van der Waals surface area contributed by atoms with Gasteiger partial charge in [-0.15, -0.1) is 0 Å². The molecular formula is C79H109N15O8S3. The molecule has 15 rings (SSSR count). The lowest BCUT2D eigenvalue weighted by atomic mass is 9.72. The number of aromatic amines is 5. The van der Waals surface area contributed by atoms with Crippen LogP contribution in [0.15, 0.2) is 152 Å². The van der Waals surface area contributed by atoms with E-state index >= 15 is 0 Å². The second-order valence-electron chi connectivity index (χ2n) is 29.6. The number of carbonyl (C=O) groups excluding carboxylic acids is 2. The first-order valence-electron chi connectivity index (χ1n) is 36.9. The van der Waals surface area contributed by atoms with Gasteiger partial charge in [0.2, 0.25) is 41.9 Å². The Kier molecular flexibility index (Phi) is 25.1. The number of amides is 2. The second-order valence-corrected chi connectivity index (χ2v) is 35.5. The predicted octanol–water partition coefficient (Wildman–Crippen LogP) is 9.22. The number of likely N-dealkylation sites (tertiary alicyclic amines) is 2. The van der Waals surface area contributed by atoms with Crippen LogP contribution in [0.3, 0.4) is 0 Å². The first kappa shape index (κ1) is 78.3. The second kappa shape index (κ2) is 33.6. The number of piperidine rings is 5. The number of H-pyrrole nitrogens is 5. The van der Waals surface area contributed by atoms with Gasteiger partial charge in [0.1, 0.15) is 0 Å². The van der Waals surface area contributed by atoms with Crippen LogP contribution in [0, 0.1) is 0 Å². The standard InChI is InChI=1S/C17H23N3O.C16H23N3O2S.C16H21N3O.2C15H21N3O2S/c1-13(21)20-9-7-17(8-10-20,12-18-2)15-11-19-16-6-4-3-5-14(15)16;1-17-12-16(7-9-19(10-8-16)22(2,20)21)14-11-18-15-6-4-3-5-13(14)15;1-11(20)19-7-6-12(8-13(19)9-17)15-10-18-16-5-3-2-4-14(15)16;1-21(19,20)18-8-6-15(11-16,7-9-18)13-10-17-14-5-3-2-4-12(13)14;1-21(19,20)18-7-6-11(8-12(18)9-16)14-10-17-15-5-3-2-4-13(14)15/h3-6,11,18-19H,7-10,12H2,1-2H3;3-6,11,17-18H,7-10,12H2,1-2H3;2-5,10,12-13,18H,6-9,17H2,1H3;2-5,10,17H,6-9,11,16H2,1H3;2-5,10-12,17H,6-9,16H2,1H3. The number of hydrogen-bond donors (Lipinski definition) is 10. The van der Waals surface area contributed by atoms with Crippen LogP contribution in [0.2, 0.25) is 0 Å². The number of fused-ring (bicyclic) bond motifs is 5. The van der Waals surface area contributed by atoms with E-state index in [-0.39, 0.29) is 40.1 Å². The van der Waals surface area contributed by atoms with E-state index in [0.29, 0.717) is 64.2 Å². The zero-order valence-electron chi connectivity index (χ0n) is 62.0. The molecule has 4 atom stereocenters. The molecule has 5 aromatic heterocycles. The molecule has 5 aliphatic heterocycles. The largest absolute Gasteiger partial charge is 0.361 e. The smallest absolute Gasteiger partial charge is 0.219 e. The van der Waals surface area contributed by atoms with E-state index in [9.17, 15) is 34.8 Å².